The van der Waals surface area contributed by atoms with E-state index in [1.54, 1.807) is 14.2 Å². The van der Waals surface area contributed by atoms with Gasteiger partial charge in [0.2, 0.25) is 0 Å². The van der Waals surface area contributed by atoms with Crippen molar-refractivity contribution in [2.75, 3.05) is 14.2 Å². The minimum Gasteiger partial charge on any atom is -0.350 e. The van der Waals surface area contributed by atoms with Gasteiger partial charge in [-0.3, -0.25) is 9.13 Å². The number of nitrogens with one attached hydrogen (secondary N) is 1. The van der Waals surface area contributed by atoms with Crippen LogP contribution in [-0.2, 0) is 22.4 Å². The lowest BCUT2D eigenvalue weighted by molar-refractivity contribution is -0.111. The third kappa shape index (κ3) is 4.89. The predicted molar refractivity (Wildman–Crippen MR) is 139 cm³/mol. The summed E-state index contributed by atoms with van der Waals surface area (Å²) in [5.41, 5.74) is 5.78. The molecule has 0 radical (unpaired) electrons. The Morgan fingerprint density at radius 1 is 1.00 bits per heavy atom. The molecule has 0 aliphatic carbocycles. The van der Waals surface area contributed by atoms with Crippen molar-refractivity contribution in [1.29, 1.82) is 0 Å². The lowest BCUT2D eigenvalue weighted by Crippen LogP contribution is -2.28. The molecule has 190 valence electrons. The molecule has 4 aromatic rings. The molecule has 0 amide bonds. The van der Waals surface area contributed by atoms with E-state index in [1.807, 2.05) is 33.4 Å². The monoisotopic (exact) mass is 490 g/mol. The zero-order valence-corrected chi connectivity index (χ0v) is 21.6. The Balaban J connectivity index is 1.73. The normalized spacial score (nSPS) is 12.4. The number of hydrogen-bond donors (Lipinski definition) is 1. The molecule has 1 N–H and O–H groups in total. The van der Waals surface area contributed by atoms with Gasteiger partial charge in [0.25, 0.3) is 0 Å². The maximum Gasteiger partial charge on any atom is 0.329 e. The maximum absolute atomic E-state index is 13.7. The van der Waals surface area contributed by atoms with E-state index in [2.05, 4.69) is 65.7 Å². The third-order valence-corrected chi connectivity index (χ3v) is 6.62. The van der Waals surface area contributed by atoms with Crippen LogP contribution in [0.2, 0.25) is 0 Å². The maximum atomic E-state index is 13.7. The summed E-state index contributed by atoms with van der Waals surface area (Å²) in [5.74, 6) is 0.621. The highest BCUT2D eigenvalue weighted by Crippen LogP contribution is 2.30. The molecule has 1 unspecified atom stereocenters. The second-order valence-electron chi connectivity index (χ2n) is 8.87. The Kier molecular flexibility index (Phi) is 8.12. The average molecular weight is 491 g/mol. The van der Waals surface area contributed by atoms with Crippen LogP contribution in [0.15, 0.2) is 53.3 Å². The standard InChI is InChI=1S/C27H34N6O3/c1-6-10-23-24(26(35-4)36-5)33(18(3)7-2)27(34)32(23)17-19-13-15-20(16-14-19)21-11-8-9-12-22(21)25-28-30-31-29-25/h8-9,11-16,18,26H,6-7,10,17H2,1-5H3,(H,28,29,30,31). The number of benzene rings is 2. The number of nitrogens with zero attached hydrogens (tertiary/aromatic N) is 5. The van der Waals surface area contributed by atoms with Gasteiger partial charge in [-0.15, -0.1) is 5.10 Å². The summed E-state index contributed by atoms with van der Waals surface area (Å²) in [5, 5.41) is 14.3. The first kappa shape index (κ1) is 25.5. The summed E-state index contributed by atoms with van der Waals surface area (Å²) in [6.45, 7) is 6.73. The van der Waals surface area contributed by atoms with Crippen molar-refractivity contribution in [3.63, 3.8) is 0 Å². The van der Waals surface area contributed by atoms with Crippen LogP contribution in [0.5, 0.6) is 0 Å². The van der Waals surface area contributed by atoms with E-state index in [4.69, 9.17) is 9.47 Å². The second-order valence-corrected chi connectivity index (χ2v) is 8.87. The molecule has 4 rings (SSSR count). The first-order valence-corrected chi connectivity index (χ1v) is 12.4. The molecule has 0 fully saturated rings. The highest BCUT2D eigenvalue weighted by molar-refractivity contribution is 5.80. The Bertz CT molecular complexity index is 1320. The van der Waals surface area contributed by atoms with Crippen LogP contribution >= 0.6 is 0 Å². The van der Waals surface area contributed by atoms with E-state index in [0.29, 0.717) is 12.4 Å². The van der Waals surface area contributed by atoms with Crippen molar-refractivity contribution in [2.24, 2.45) is 0 Å². The fourth-order valence-corrected chi connectivity index (χ4v) is 4.65. The van der Waals surface area contributed by atoms with E-state index < -0.39 is 6.29 Å². The number of methoxy groups -OCH3 is 2. The van der Waals surface area contributed by atoms with Gasteiger partial charge in [0.15, 0.2) is 12.1 Å². The molecule has 2 aromatic carbocycles. The Hall–Kier alpha value is -3.56. The fraction of sp³-hybridized carbons (Fsp3) is 0.407. The van der Waals surface area contributed by atoms with Gasteiger partial charge < -0.3 is 9.47 Å². The molecule has 0 saturated heterocycles. The number of imidazole rings is 1. The van der Waals surface area contributed by atoms with Crippen molar-refractivity contribution < 1.29 is 9.47 Å². The zero-order valence-electron chi connectivity index (χ0n) is 21.6. The fourth-order valence-electron chi connectivity index (χ4n) is 4.65. The highest BCUT2D eigenvalue weighted by Gasteiger charge is 2.28. The molecule has 0 saturated carbocycles. The molecule has 9 heteroatoms. The molecule has 0 bridgehead atoms. The molecule has 0 aliphatic heterocycles. The van der Waals surface area contributed by atoms with Crippen LogP contribution in [-0.4, -0.2) is 44.0 Å². The van der Waals surface area contributed by atoms with Gasteiger partial charge in [-0.25, -0.2) is 9.89 Å². The molecule has 9 nitrogen and oxygen atoms in total. The molecular weight excluding hydrogens is 456 g/mol. The minimum absolute atomic E-state index is 0.0293. The number of aromatic nitrogens is 6. The molecule has 0 aliphatic rings. The number of ether oxygens (including phenoxy) is 2. The van der Waals surface area contributed by atoms with Gasteiger partial charge in [0.05, 0.1) is 12.2 Å². The van der Waals surface area contributed by atoms with Crippen LogP contribution in [0.3, 0.4) is 0 Å². The summed E-state index contributed by atoms with van der Waals surface area (Å²) in [6, 6.07) is 16.3. The average Bonchev–Trinajstić information content (AvgIpc) is 3.53. The van der Waals surface area contributed by atoms with E-state index in [0.717, 1.165) is 52.9 Å². The number of rotatable bonds is 11. The minimum atomic E-state index is -0.598. The Labute approximate surface area is 211 Å². The summed E-state index contributed by atoms with van der Waals surface area (Å²) in [6.07, 6.45) is 1.90. The zero-order chi connectivity index (χ0) is 25.7. The van der Waals surface area contributed by atoms with Gasteiger partial charge in [0, 0.05) is 31.5 Å². The lowest BCUT2D eigenvalue weighted by atomic mass is 9.98. The van der Waals surface area contributed by atoms with Gasteiger partial charge >= 0.3 is 5.69 Å². The van der Waals surface area contributed by atoms with Crippen LogP contribution in [0.1, 0.15) is 62.9 Å². The van der Waals surface area contributed by atoms with Gasteiger partial charge in [0.1, 0.15) is 0 Å². The predicted octanol–water partition coefficient (Wildman–Crippen LogP) is 4.76. The topological polar surface area (TPSA) is 99.8 Å². The Morgan fingerprint density at radius 3 is 2.28 bits per heavy atom. The van der Waals surface area contributed by atoms with Crippen LogP contribution in [0.4, 0.5) is 0 Å². The number of aromatic amines is 1. The van der Waals surface area contributed by atoms with Crippen molar-refractivity contribution in [3.05, 3.63) is 76.0 Å². The van der Waals surface area contributed by atoms with Crippen molar-refractivity contribution in [3.8, 4) is 22.5 Å². The van der Waals surface area contributed by atoms with E-state index >= 15 is 0 Å². The molecular formula is C27H34N6O3. The Morgan fingerprint density at radius 2 is 1.69 bits per heavy atom. The first-order valence-electron chi connectivity index (χ1n) is 12.4. The molecule has 0 spiro atoms. The number of hydrogen-bond acceptors (Lipinski definition) is 6. The summed E-state index contributed by atoms with van der Waals surface area (Å²) in [4.78, 5) is 13.7. The molecule has 2 aromatic heterocycles. The highest BCUT2D eigenvalue weighted by atomic mass is 16.7. The second kappa shape index (κ2) is 11.5. The van der Waals surface area contributed by atoms with Crippen LogP contribution in [0.25, 0.3) is 22.5 Å². The SMILES string of the molecule is CCCc1c(C(OC)OC)n(C(C)CC)c(=O)n1Cc1ccc(-c2ccccc2-c2nnn[nH]2)cc1. The van der Waals surface area contributed by atoms with E-state index in [-0.39, 0.29) is 11.7 Å². The van der Waals surface area contributed by atoms with E-state index in [1.165, 1.54) is 0 Å². The van der Waals surface area contributed by atoms with Crippen molar-refractivity contribution in [2.45, 2.75) is 58.9 Å². The molecule has 1 atom stereocenters. The van der Waals surface area contributed by atoms with Gasteiger partial charge in [-0.2, -0.15) is 0 Å². The van der Waals surface area contributed by atoms with E-state index in [9.17, 15) is 4.79 Å². The van der Waals surface area contributed by atoms with Crippen molar-refractivity contribution in [1.82, 2.24) is 29.8 Å². The largest absolute Gasteiger partial charge is 0.350 e. The first-order chi connectivity index (χ1) is 17.5. The molecule has 36 heavy (non-hydrogen) atoms. The quantitative estimate of drug-likeness (QED) is 0.304. The van der Waals surface area contributed by atoms with Crippen LogP contribution < -0.4 is 5.69 Å². The van der Waals surface area contributed by atoms with Crippen molar-refractivity contribution >= 4 is 0 Å². The smallest absolute Gasteiger partial charge is 0.329 e. The third-order valence-electron chi connectivity index (χ3n) is 6.62. The van der Waals surface area contributed by atoms with Gasteiger partial charge in [-0.1, -0.05) is 68.8 Å². The number of H-pyrrole nitrogens is 1. The summed E-state index contributed by atoms with van der Waals surface area (Å²) < 4.78 is 15.0. The summed E-state index contributed by atoms with van der Waals surface area (Å²) in [7, 11) is 3.22. The summed E-state index contributed by atoms with van der Waals surface area (Å²) >= 11 is 0. The van der Waals surface area contributed by atoms with Crippen LogP contribution in [0, 0.1) is 0 Å². The van der Waals surface area contributed by atoms with Gasteiger partial charge in [-0.05, 0) is 46.9 Å². The molecule has 2 heterocycles. The lowest BCUT2D eigenvalue weighted by Gasteiger charge is -2.20. The number of tetrazole rings is 1.